The van der Waals surface area contributed by atoms with Gasteiger partial charge in [-0.1, -0.05) is 17.7 Å². The highest BCUT2D eigenvalue weighted by molar-refractivity contribution is 6.31. The van der Waals surface area contributed by atoms with Crippen molar-refractivity contribution in [2.75, 3.05) is 0 Å². The van der Waals surface area contributed by atoms with Crippen molar-refractivity contribution in [1.82, 2.24) is 14.5 Å². The molecule has 21 heavy (non-hydrogen) atoms. The Morgan fingerprint density at radius 2 is 1.95 bits per heavy atom. The molecule has 0 aliphatic rings. The molecule has 0 radical (unpaired) electrons. The lowest BCUT2D eigenvalue weighted by Gasteiger charge is -2.08. The topological polar surface area (TPSA) is 30.7 Å². The quantitative estimate of drug-likeness (QED) is 0.723. The molecule has 1 aromatic carbocycles. The van der Waals surface area contributed by atoms with Gasteiger partial charge in [-0.05, 0) is 48.7 Å². The first kappa shape index (κ1) is 13.8. The number of aromatic nitrogens is 3. The Balaban J connectivity index is 1.92. The highest BCUT2D eigenvalue weighted by atomic mass is 35.5. The van der Waals surface area contributed by atoms with Gasteiger partial charge in [-0.15, -0.1) is 0 Å². The molecular formula is C17H16ClN3. The third kappa shape index (κ3) is 2.98. The van der Waals surface area contributed by atoms with Gasteiger partial charge in [0.05, 0.1) is 6.54 Å². The lowest BCUT2D eigenvalue weighted by atomic mass is 10.0. The van der Waals surface area contributed by atoms with Gasteiger partial charge < -0.3 is 4.57 Å². The van der Waals surface area contributed by atoms with E-state index in [1.54, 1.807) is 0 Å². The van der Waals surface area contributed by atoms with Crippen LogP contribution in [0.3, 0.4) is 0 Å². The summed E-state index contributed by atoms with van der Waals surface area (Å²) in [6.45, 7) is 4.79. The fourth-order valence-electron chi connectivity index (χ4n) is 2.32. The van der Waals surface area contributed by atoms with Crippen molar-refractivity contribution in [2.45, 2.75) is 20.4 Å². The van der Waals surface area contributed by atoms with E-state index in [0.717, 1.165) is 39.6 Å². The van der Waals surface area contributed by atoms with E-state index in [0.29, 0.717) is 0 Å². The van der Waals surface area contributed by atoms with Gasteiger partial charge in [-0.2, -0.15) is 0 Å². The van der Waals surface area contributed by atoms with Crippen LogP contribution >= 0.6 is 11.6 Å². The molecule has 0 aliphatic heterocycles. The first-order chi connectivity index (χ1) is 10.1. The summed E-state index contributed by atoms with van der Waals surface area (Å²) in [5.41, 5.74) is 4.46. The van der Waals surface area contributed by atoms with E-state index in [4.69, 9.17) is 11.6 Å². The molecule has 0 saturated heterocycles. The molecule has 0 amide bonds. The molecule has 4 heteroatoms. The molecule has 0 bridgehead atoms. The number of imidazole rings is 1. The Labute approximate surface area is 129 Å². The number of rotatable bonds is 3. The van der Waals surface area contributed by atoms with Crippen LogP contribution in [-0.2, 0) is 6.54 Å². The molecule has 106 valence electrons. The maximum absolute atomic E-state index is 6.09. The lowest BCUT2D eigenvalue weighted by Crippen LogP contribution is -2.01. The molecule has 2 aromatic heterocycles. The Bertz CT molecular complexity index is 777. The van der Waals surface area contributed by atoms with Crippen molar-refractivity contribution in [3.8, 4) is 11.1 Å². The van der Waals surface area contributed by atoms with Crippen LogP contribution in [0, 0.1) is 13.8 Å². The van der Waals surface area contributed by atoms with E-state index < -0.39 is 0 Å². The number of halogens is 1. The van der Waals surface area contributed by atoms with E-state index in [9.17, 15) is 0 Å². The van der Waals surface area contributed by atoms with E-state index in [2.05, 4.69) is 26.7 Å². The van der Waals surface area contributed by atoms with Gasteiger partial charge in [0.1, 0.15) is 5.82 Å². The molecule has 0 fully saturated rings. The van der Waals surface area contributed by atoms with Crippen molar-refractivity contribution in [2.24, 2.45) is 0 Å². The summed E-state index contributed by atoms with van der Waals surface area (Å²) in [7, 11) is 0. The summed E-state index contributed by atoms with van der Waals surface area (Å²) in [5, 5.41) is 0.789. The van der Waals surface area contributed by atoms with Crippen LogP contribution in [0.15, 0.2) is 49.1 Å². The highest BCUT2D eigenvalue weighted by Crippen LogP contribution is 2.25. The van der Waals surface area contributed by atoms with Crippen molar-refractivity contribution in [3.05, 3.63) is 71.0 Å². The summed E-state index contributed by atoms with van der Waals surface area (Å²) in [6, 6.07) is 8.21. The molecule has 3 aromatic rings. The summed E-state index contributed by atoms with van der Waals surface area (Å²) in [5.74, 6) is 1.00. The minimum Gasteiger partial charge on any atom is -0.331 e. The maximum atomic E-state index is 6.09. The Kier molecular flexibility index (Phi) is 3.76. The Morgan fingerprint density at radius 1 is 1.10 bits per heavy atom. The van der Waals surface area contributed by atoms with Gasteiger partial charge in [0.15, 0.2) is 0 Å². The zero-order valence-electron chi connectivity index (χ0n) is 12.0. The van der Waals surface area contributed by atoms with E-state index in [1.807, 2.05) is 50.8 Å². The molecular weight excluding hydrogens is 282 g/mol. The minimum absolute atomic E-state index is 0.777. The third-order valence-corrected chi connectivity index (χ3v) is 3.99. The SMILES string of the molecule is Cc1cc(-c2cncc(Cn3ccnc3C)c2)ccc1Cl. The zero-order valence-corrected chi connectivity index (χ0v) is 12.8. The maximum Gasteiger partial charge on any atom is 0.105 e. The lowest BCUT2D eigenvalue weighted by molar-refractivity contribution is 0.759. The standard InChI is InChI=1S/C17H16ClN3/c1-12-7-15(3-4-17(12)18)16-8-14(9-19-10-16)11-21-6-5-20-13(21)2/h3-10H,11H2,1-2H3. The van der Waals surface area contributed by atoms with Gasteiger partial charge in [0, 0.05) is 35.4 Å². The molecule has 3 rings (SSSR count). The Hall–Kier alpha value is -2.13. The largest absolute Gasteiger partial charge is 0.331 e. The van der Waals surface area contributed by atoms with Gasteiger partial charge in [-0.3, -0.25) is 4.98 Å². The van der Waals surface area contributed by atoms with Crippen LogP contribution in [0.25, 0.3) is 11.1 Å². The fourth-order valence-corrected chi connectivity index (χ4v) is 2.44. The second-order valence-electron chi connectivity index (χ2n) is 5.15. The van der Waals surface area contributed by atoms with E-state index in [-0.39, 0.29) is 0 Å². The van der Waals surface area contributed by atoms with Crippen LogP contribution in [0.1, 0.15) is 17.0 Å². The first-order valence-corrected chi connectivity index (χ1v) is 7.19. The van der Waals surface area contributed by atoms with Crippen molar-refractivity contribution in [3.63, 3.8) is 0 Å². The number of pyridine rings is 1. The van der Waals surface area contributed by atoms with Gasteiger partial charge in [0.25, 0.3) is 0 Å². The predicted octanol–water partition coefficient (Wildman–Crippen LogP) is 4.26. The van der Waals surface area contributed by atoms with E-state index >= 15 is 0 Å². The second-order valence-corrected chi connectivity index (χ2v) is 5.56. The molecule has 0 aliphatic carbocycles. The number of nitrogens with zero attached hydrogens (tertiary/aromatic N) is 3. The van der Waals surface area contributed by atoms with Gasteiger partial charge in [0.2, 0.25) is 0 Å². The molecule has 0 unspecified atom stereocenters. The first-order valence-electron chi connectivity index (χ1n) is 6.81. The fraction of sp³-hybridized carbons (Fsp3) is 0.176. The summed E-state index contributed by atoms with van der Waals surface area (Å²) < 4.78 is 2.11. The predicted molar refractivity (Wildman–Crippen MR) is 85.5 cm³/mol. The van der Waals surface area contributed by atoms with Crippen LogP contribution in [0.5, 0.6) is 0 Å². The normalized spacial score (nSPS) is 10.8. The average Bonchev–Trinajstić information content (AvgIpc) is 2.88. The van der Waals surface area contributed by atoms with Crippen LogP contribution in [0.2, 0.25) is 5.02 Å². The summed E-state index contributed by atoms with van der Waals surface area (Å²) in [6.07, 6.45) is 7.57. The zero-order chi connectivity index (χ0) is 14.8. The number of hydrogen-bond acceptors (Lipinski definition) is 2. The third-order valence-electron chi connectivity index (χ3n) is 3.56. The smallest absolute Gasteiger partial charge is 0.105 e. The molecule has 3 nitrogen and oxygen atoms in total. The van der Waals surface area contributed by atoms with Crippen molar-refractivity contribution >= 4 is 11.6 Å². The van der Waals surface area contributed by atoms with Crippen LogP contribution in [0.4, 0.5) is 0 Å². The molecule has 0 N–H and O–H groups in total. The molecule has 0 spiro atoms. The molecule has 0 atom stereocenters. The Morgan fingerprint density at radius 3 is 2.67 bits per heavy atom. The van der Waals surface area contributed by atoms with Gasteiger partial charge in [-0.25, -0.2) is 4.98 Å². The summed E-state index contributed by atoms with van der Waals surface area (Å²) >= 11 is 6.09. The number of benzene rings is 1. The highest BCUT2D eigenvalue weighted by Gasteiger charge is 2.04. The van der Waals surface area contributed by atoms with E-state index in [1.165, 1.54) is 0 Å². The van der Waals surface area contributed by atoms with Crippen LogP contribution < -0.4 is 0 Å². The minimum atomic E-state index is 0.777. The van der Waals surface area contributed by atoms with Crippen molar-refractivity contribution in [1.29, 1.82) is 0 Å². The molecule has 2 heterocycles. The van der Waals surface area contributed by atoms with Gasteiger partial charge >= 0.3 is 0 Å². The monoisotopic (exact) mass is 297 g/mol. The summed E-state index contributed by atoms with van der Waals surface area (Å²) in [4.78, 5) is 8.60. The number of aryl methyl sites for hydroxylation is 2. The van der Waals surface area contributed by atoms with Crippen molar-refractivity contribution < 1.29 is 0 Å². The average molecular weight is 298 g/mol. The molecule has 0 saturated carbocycles. The number of hydrogen-bond donors (Lipinski definition) is 0. The second kappa shape index (κ2) is 5.70. The van der Waals surface area contributed by atoms with Crippen LogP contribution in [-0.4, -0.2) is 14.5 Å².